The van der Waals surface area contributed by atoms with Crippen LogP contribution in [0.2, 0.25) is 0 Å². The molecule has 1 atom stereocenters. The van der Waals surface area contributed by atoms with Crippen molar-refractivity contribution in [3.63, 3.8) is 0 Å². The molecule has 0 aliphatic carbocycles. The fourth-order valence-electron chi connectivity index (χ4n) is 2.34. The van der Waals surface area contributed by atoms with Gasteiger partial charge in [0.05, 0.1) is 5.41 Å². The lowest BCUT2D eigenvalue weighted by molar-refractivity contribution is -0.125. The zero-order valence-electron chi connectivity index (χ0n) is 10.6. The molecule has 0 spiro atoms. The van der Waals surface area contributed by atoms with Crippen molar-refractivity contribution in [2.45, 2.75) is 13.3 Å². The van der Waals surface area contributed by atoms with Gasteiger partial charge in [-0.05, 0) is 31.5 Å². The molecule has 4 N–H and O–H groups in total. The summed E-state index contributed by atoms with van der Waals surface area (Å²) in [7, 11) is 0. The van der Waals surface area contributed by atoms with Crippen molar-refractivity contribution in [2.24, 2.45) is 16.9 Å². The highest BCUT2D eigenvalue weighted by atomic mass is 79.9. The zero-order valence-corrected chi connectivity index (χ0v) is 13.1. The number of nitrogens with zero attached hydrogens (tertiary/aromatic N) is 1. The number of hydrogen-bond donors (Lipinski definition) is 2. The summed E-state index contributed by atoms with van der Waals surface area (Å²) in [6.45, 7) is 3.26. The number of thiocarbonyl (C=S) groups is 1. The van der Waals surface area contributed by atoms with Crippen LogP contribution in [0.15, 0.2) is 22.7 Å². The number of amides is 1. The number of carbonyl (C=O) groups excluding carboxylic acids is 1. The molecule has 0 saturated carbocycles. The second-order valence-electron chi connectivity index (χ2n) is 5.12. The summed E-state index contributed by atoms with van der Waals surface area (Å²) in [6, 6.07) is 5.77. The first-order valence-corrected chi connectivity index (χ1v) is 7.18. The summed E-state index contributed by atoms with van der Waals surface area (Å²) in [5, 5.41) is 0. The lowest BCUT2D eigenvalue weighted by Crippen LogP contribution is -2.37. The van der Waals surface area contributed by atoms with Gasteiger partial charge in [-0.1, -0.05) is 28.1 Å². The minimum atomic E-state index is -0.490. The number of anilines is 1. The number of hydrogen-bond acceptors (Lipinski definition) is 3. The molecule has 6 heteroatoms. The van der Waals surface area contributed by atoms with Crippen molar-refractivity contribution in [2.75, 3.05) is 18.0 Å². The first-order valence-electron chi connectivity index (χ1n) is 5.98. The fourth-order valence-corrected chi connectivity index (χ4v) is 2.86. The summed E-state index contributed by atoms with van der Waals surface area (Å²) in [6.07, 6.45) is 0.742. The van der Waals surface area contributed by atoms with E-state index in [0.717, 1.165) is 28.7 Å². The van der Waals surface area contributed by atoms with E-state index in [4.69, 9.17) is 23.7 Å². The molecule has 1 aliphatic rings. The van der Waals surface area contributed by atoms with Gasteiger partial charge in [0.2, 0.25) is 5.91 Å². The van der Waals surface area contributed by atoms with Crippen molar-refractivity contribution < 1.29 is 4.79 Å². The third-order valence-electron chi connectivity index (χ3n) is 3.63. The molecule has 0 bridgehead atoms. The third kappa shape index (κ3) is 2.74. The average molecular weight is 342 g/mol. The lowest BCUT2D eigenvalue weighted by atomic mass is 9.89. The van der Waals surface area contributed by atoms with E-state index < -0.39 is 5.41 Å². The maximum Gasteiger partial charge on any atom is 0.225 e. The van der Waals surface area contributed by atoms with Gasteiger partial charge >= 0.3 is 0 Å². The number of rotatable bonds is 3. The molecule has 2 rings (SSSR count). The highest BCUT2D eigenvalue weighted by Crippen LogP contribution is 2.35. The number of carbonyl (C=O) groups is 1. The Labute approximate surface area is 126 Å². The Morgan fingerprint density at radius 1 is 1.47 bits per heavy atom. The van der Waals surface area contributed by atoms with Crippen LogP contribution in [0.3, 0.4) is 0 Å². The minimum absolute atomic E-state index is 0.262. The van der Waals surface area contributed by atoms with Crippen molar-refractivity contribution in [3.8, 4) is 0 Å². The van der Waals surface area contributed by atoms with Gasteiger partial charge in [-0.15, -0.1) is 0 Å². The third-order valence-corrected chi connectivity index (χ3v) is 4.35. The predicted molar refractivity (Wildman–Crippen MR) is 84.2 cm³/mol. The summed E-state index contributed by atoms with van der Waals surface area (Å²) in [5.41, 5.74) is 12.5. The Balaban J connectivity index is 2.36. The second kappa shape index (κ2) is 5.09. The van der Waals surface area contributed by atoms with Crippen LogP contribution >= 0.6 is 28.1 Å². The van der Waals surface area contributed by atoms with Crippen molar-refractivity contribution in [1.29, 1.82) is 0 Å². The molecule has 1 unspecified atom stereocenters. The van der Waals surface area contributed by atoms with Gasteiger partial charge in [0.15, 0.2) is 0 Å². The maximum atomic E-state index is 11.5. The molecule has 0 radical (unpaired) electrons. The monoisotopic (exact) mass is 341 g/mol. The zero-order chi connectivity index (χ0) is 14.2. The van der Waals surface area contributed by atoms with Gasteiger partial charge in [0.25, 0.3) is 0 Å². The Morgan fingerprint density at radius 2 is 2.16 bits per heavy atom. The van der Waals surface area contributed by atoms with Crippen molar-refractivity contribution in [3.05, 3.63) is 28.2 Å². The molecule has 1 fully saturated rings. The van der Waals surface area contributed by atoms with E-state index in [2.05, 4.69) is 20.8 Å². The van der Waals surface area contributed by atoms with E-state index in [0.29, 0.717) is 11.5 Å². The number of benzene rings is 1. The molecule has 19 heavy (non-hydrogen) atoms. The summed E-state index contributed by atoms with van der Waals surface area (Å²) in [5.74, 6) is -0.262. The predicted octanol–water partition coefficient (Wildman–Crippen LogP) is 1.78. The average Bonchev–Trinajstić information content (AvgIpc) is 2.73. The summed E-state index contributed by atoms with van der Waals surface area (Å²) in [4.78, 5) is 14.0. The SMILES string of the molecule is CC1(C(N)=O)CCN(c2cc(Br)ccc2C(N)=S)C1. The van der Waals surface area contributed by atoms with Gasteiger partial charge in [0, 0.05) is 28.8 Å². The van der Waals surface area contributed by atoms with Crippen LogP contribution in [0, 0.1) is 5.41 Å². The molecule has 1 aliphatic heterocycles. The van der Waals surface area contributed by atoms with E-state index >= 15 is 0 Å². The van der Waals surface area contributed by atoms with Crippen LogP contribution in [0.1, 0.15) is 18.9 Å². The number of primary amides is 1. The van der Waals surface area contributed by atoms with Crippen LogP contribution < -0.4 is 16.4 Å². The van der Waals surface area contributed by atoms with Gasteiger partial charge < -0.3 is 16.4 Å². The molecule has 1 heterocycles. The van der Waals surface area contributed by atoms with Gasteiger partial charge in [0.1, 0.15) is 4.99 Å². The topological polar surface area (TPSA) is 72.4 Å². The van der Waals surface area contributed by atoms with E-state index in [1.54, 1.807) is 0 Å². The Bertz CT molecular complexity index is 549. The summed E-state index contributed by atoms with van der Waals surface area (Å²) >= 11 is 8.53. The quantitative estimate of drug-likeness (QED) is 0.822. The van der Waals surface area contributed by atoms with E-state index in [9.17, 15) is 4.79 Å². The maximum absolute atomic E-state index is 11.5. The van der Waals surface area contributed by atoms with Gasteiger partial charge in [-0.2, -0.15) is 0 Å². The molecule has 1 saturated heterocycles. The molecule has 1 aromatic carbocycles. The number of halogens is 1. The molecular weight excluding hydrogens is 326 g/mol. The van der Waals surface area contributed by atoms with Gasteiger partial charge in [-0.25, -0.2) is 0 Å². The molecule has 0 aromatic heterocycles. The first kappa shape index (κ1) is 14.3. The Morgan fingerprint density at radius 3 is 2.68 bits per heavy atom. The van der Waals surface area contributed by atoms with Crippen LogP contribution in [-0.2, 0) is 4.79 Å². The highest BCUT2D eigenvalue weighted by molar-refractivity contribution is 9.10. The smallest absolute Gasteiger partial charge is 0.225 e. The minimum Gasteiger partial charge on any atom is -0.389 e. The van der Waals surface area contributed by atoms with Crippen LogP contribution in [-0.4, -0.2) is 24.0 Å². The fraction of sp³-hybridized carbons (Fsp3) is 0.385. The van der Waals surface area contributed by atoms with Crippen molar-refractivity contribution >= 4 is 44.7 Å². The van der Waals surface area contributed by atoms with E-state index in [1.165, 1.54) is 0 Å². The Hall–Kier alpha value is -1.14. The van der Waals surface area contributed by atoms with Crippen LogP contribution in [0.25, 0.3) is 0 Å². The molecule has 1 aromatic rings. The molecule has 102 valence electrons. The second-order valence-corrected chi connectivity index (χ2v) is 6.48. The standard InChI is InChI=1S/C13H16BrN3OS/c1-13(12(16)18)4-5-17(7-13)10-6-8(14)2-3-9(10)11(15)19/h2-3,6H,4-5,7H2,1H3,(H2,15,19)(H2,16,18). The largest absolute Gasteiger partial charge is 0.389 e. The first-order chi connectivity index (χ1) is 8.83. The lowest BCUT2D eigenvalue weighted by Gasteiger charge is -2.24. The summed E-state index contributed by atoms with van der Waals surface area (Å²) < 4.78 is 0.954. The van der Waals surface area contributed by atoms with Crippen molar-refractivity contribution in [1.82, 2.24) is 0 Å². The molecular formula is C13H16BrN3OS. The van der Waals surface area contributed by atoms with E-state index in [1.807, 2.05) is 25.1 Å². The Kier molecular flexibility index (Phi) is 3.82. The van der Waals surface area contributed by atoms with Crippen LogP contribution in [0.4, 0.5) is 5.69 Å². The highest BCUT2D eigenvalue weighted by Gasteiger charge is 2.39. The van der Waals surface area contributed by atoms with E-state index in [-0.39, 0.29) is 5.91 Å². The van der Waals surface area contributed by atoms with Gasteiger partial charge in [-0.3, -0.25) is 4.79 Å². The number of nitrogens with two attached hydrogens (primary N) is 2. The van der Waals surface area contributed by atoms with Crippen LogP contribution in [0.5, 0.6) is 0 Å². The molecule has 1 amide bonds. The normalized spacial score (nSPS) is 22.5. The molecule has 4 nitrogen and oxygen atoms in total.